The third-order valence-corrected chi connectivity index (χ3v) is 6.46. The summed E-state index contributed by atoms with van der Waals surface area (Å²) in [6.45, 7) is 0.728. The molecule has 1 fully saturated rings. The van der Waals surface area contributed by atoms with E-state index in [9.17, 15) is 14.4 Å². The highest BCUT2D eigenvalue weighted by Crippen LogP contribution is 2.29. The van der Waals surface area contributed by atoms with E-state index >= 15 is 0 Å². The van der Waals surface area contributed by atoms with E-state index in [-0.39, 0.29) is 18.2 Å². The van der Waals surface area contributed by atoms with Crippen molar-refractivity contribution in [2.45, 2.75) is 25.7 Å². The van der Waals surface area contributed by atoms with Crippen LogP contribution in [0.3, 0.4) is 0 Å². The van der Waals surface area contributed by atoms with E-state index in [0.29, 0.717) is 39.8 Å². The largest absolute Gasteiger partial charge is 0.366 e. The van der Waals surface area contributed by atoms with Gasteiger partial charge in [0.15, 0.2) is 0 Å². The molecule has 186 valence electrons. The number of pyridine rings is 1. The van der Waals surface area contributed by atoms with Crippen LogP contribution in [-0.4, -0.2) is 34.2 Å². The highest BCUT2D eigenvalue weighted by Gasteiger charge is 2.20. The first-order valence-corrected chi connectivity index (χ1v) is 12.2. The van der Waals surface area contributed by atoms with Gasteiger partial charge in [0.1, 0.15) is 5.65 Å². The lowest BCUT2D eigenvalue weighted by Crippen LogP contribution is -2.35. The van der Waals surface area contributed by atoms with E-state index in [1.54, 1.807) is 29.4 Å². The van der Waals surface area contributed by atoms with Crippen molar-refractivity contribution < 1.29 is 14.4 Å². The average Bonchev–Trinajstić information content (AvgIpc) is 3.32. The average molecular weight is 494 g/mol. The maximum Gasteiger partial charge on any atom is 0.249 e. The number of carbonyl (C=O) groups excluding carboxylic acids is 3. The molecule has 0 saturated carbocycles. The number of aromatic nitrogens is 2. The number of fused-ring (bicyclic) bond motifs is 1. The molecule has 0 bridgehead atoms. The number of primary amides is 1. The summed E-state index contributed by atoms with van der Waals surface area (Å²) in [5.74, 6) is -0.602. The monoisotopic (exact) mass is 493 g/mol. The van der Waals surface area contributed by atoms with Crippen molar-refractivity contribution in [1.82, 2.24) is 9.97 Å². The molecule has 3 heterocycles. The number of aromatic amines is 1. The maximum atomic E-state index is 13.0. The molecule has 2 aromatic carbocycles. The number of H-pyrrole nitrogens is 1. The Morgan fingerprint density at radius 2 is 1.84 bits per heavy atom. The van der Waals surface area contributed by atoms with Gasteiger partial charge in [-0.25, -0.2) is 4.98 Å². The van der Waals surface area contributed by atoms with Gasteiger partial charge in [-0.3, -0.25) is 14.4 Å². The quantitative estimate of drug-likeness (QED) is 0.333. The van der Waals surface area contributed by atoms with Gasteiger partial charge < -0.3 is 20.9 Å². The van der Waals surface area contributed by atoms with Crippen molar-refractivity contribution in [2.75, 3.05) is 16.8 Å². The summed E-state index contributed by atoms with van der Waals surface area (Å²) in [4.78, 5) is 46.6. The highest BCUT2D eigenvalue weighted by atomic mass is 16.2. The maximum absolute atomic E-state index is 13.0. The zero-order valence-electron chi connectivity index (χ0n) is 20.2. The molecule has 8 heteroatoms. The van der Waals surface area contributed by atoms with Gasteiger partial charge in [0.05, 0.1) is 12.1 Å². The molecule has 3 amide bonds. The smallest absolute Gasteiger partial charge is 0.249 e. The Labute approximate surface area is 214 Å². The van der Waals surface area contributed by atoms with Crippen molar-refractivity contribution in [3.63, 3.8) is 0 Å². The number of nitrogens with zero attached hydrogens (tertiary/aromatic N) is 2. The summed E-state index contributed by atoms with van der Waals surface area (Å²) >= 11 is 0. The minimum absolute atomic E-state index is 0.140. The Kier molecular flexibility index (Phi) is 6.81. The zero-order valence-corrected chi connectivity index (χ0v) is 20.2. The molecule has 4 N–H and O–H groups in total. The molecule has 0 radical (unpaired) electrons. The summed E-state index contributed by atoms with van der Waals surface area (Å²) in [7, 11) is 0. The van der Waals surface area contributed by atoms with Gasteiger partial charge in [0, 0.05) is 47.6 Å². The second-order valence-electron chi connectivity index (χ2n) is 9.01. The van der Waals surface area contributed by atoms with E-state index in [2.05, 4.69) is 15.3 Å². The number of carbonyl (C=O) groups is 3. The molecule has 0 spiro atoms. The fraction of sp³-hybridized carbons (Fsp3) is 0.172. The molecule has 1 aliphatic rings. The van der Waals surface area contributed by atoms with E-state index in [1.165, 1.54) is 0 Å². The Morgan fingerprint density at radius 3 is 2.57 bits per heavy atom. The van der Waals surface area contributed by atoms with Gasteiger partial charge in [-0.05, 0) is 48.2 Å². The van der Waals surface area contributed by atoms with Gasteiger partial charge in [0.25, 0.3) is 0 Å². The Balaban J connectivity index is 1.37. The number of nitrogens with one attached hydrogen (secondary N) is 2. The van der Waals surface area contributed by atoms with Crippen LogP contribution in [0.5, 0.6) is 0 Å². The Morgan fingerprint density at radius 1 is 1.05 bits per heavy atom. The third-order valence-electron chi connectivity index (χ3n) is 6.46. The van der Waals surface area contributed by atoms with Crippen LogP contribution in [0.25, 0.3) is 22.7 Å². The topological polar surface area (TPSA) is 121 Å². The van der Waals surface area contributed by atoms with Crippen molar-refractivity contribution in [3.8, 4) is 0 Å². The first kappa shape index (κ1) is 24.0. The van der Waals surface area contributed by atoms with Gasteiger partial charge >= 0.3 is 0 Å². The van der Waals surface area contributed by atoms with Crippen molar-refractivity contribution in [2.24, 2.45) is 5.73 Å². The van der Waals surface area contributed by atoms with Gasteiger partial charge in [-0.2, -0.15) is 0 Å². The van der Waals surface area contributed by atoms with Crippen LogP contribution in [-0.2, 0) is 20.8 Å². The fourth-order valence-corrected chi connectivity index (χ4v) is 4.62. The van der Waals surface area contributed by atoms with Gasteiger partial charge in [-0.15, -0.1) is 0 Å². The van der Waals surface area contributed by atoms with Crippen LogP contribution in [0, 0.1) is 0 Å². The number of hydrogen-bond acceptors (Lipinski definition) is 4. The molecule has 0 aliphatic carbocycles. The third kappa shape index (κ3) is 5.28. The normalized spacial score (nSPS) is 14.1. The summed E-state index contributed by atoms with van der Waals surface area (Å²) in [6.07, 6.45) is 7.73. The van der Waals surface area contributed by atoms with E-state index in [1.807, 2.05) is 54.6 Å². The minimum atomic E-state index is -0.551. The lowest BCUT2D eigenvalue weighted by atomic mass is 10.0. The number of hydrogen-bond donors (Lipinski definition) is 3. The molecule has 0 unspecified atom stereocenters. The first-order valence-electron chi connectivity index (χ1n) is 12.2. The number of piperidine rings is 1. The molecule has 37 heavy (non-hydrogen) atoms. The van der Waals surface area contributed by atoms with Crippen LogP contribution in [0.15, 0.2) is 73.1 Å². The Hall–Kier alpha value is -4.72. The van der Waals surface area contributed by atoms with Crippen LogP contribution >= 0.6 is 0 Å². The fourth-order valence-electron chi connectivity index (χ4n) is 4.62. The number of benzene rings is 2. The number of rotatable bonds is 7. The lowest BCUT2D eigenvalue weighted by molar-refractivity contribution is -0.119. The second-order valence-corrected chi connectivity index (χ2v) is 9.01. The summed E-state index contributed by atoms with van der Waals surface area (Å²) in [5.41, 5.74) is 10.3. The van der Waals surface area contributed by atoms with Crippen molar-refractivity contribution in [3.05, 3.63) is 89.7 Å². The van der Waals surface area contributed by atoms with Gasteiger partial charge in [0.2, 0.25) is 17.7 Å². The van der Waals surface area contributed by atoms with Crippen molar-refractivity contribution >= 4 is 51.8 Å². The minimum Gasteiger partial charge on any atom is -0.366 e. The van der Waals surface area contributed by atoms with Crippen LogP contribution in [0.1, 0.15) is 36.0 Å². The molecule has 0 atom stereocenters. The number of nitrogens with two attached hydrogens (primary N) is 1. The molecule has 2 aromatic heterocycles. The molecule has 4 aromatic rings. The molecule has 1 saturated heterocycles. The van der Waals surface area contributed by atoms with E-state index in [0.717, 1.165) is 30.6 Å². The van der Waals surface area contributed by atoms with E-state index in [4.69, 9.17) is 5.73 Å². The second kappa shape index (κ2) is 10.5. The molecular weight excluding hydrogens is 466 g/mol. The lowest BCUT2D eigenvalue weighted by Gasteiger charge is -2.26. The number of anilines is 2. The molecule has 5 rings (SSSR count). The van der Waals surface area contributed by atoms with Crippen LogP contribution < -0.4 is 16.0 Å². The summed E-state index contributed by atoms with van der Waals surface area (Å²) in [5, 5.41) is 3.66. The number of amides is 3. The molecular formula is C29H27N5O3. The first-order chi connectivity index (χ1) is 18.0. The highest BCUT2D eigenvalue weighted by molar-refractivity contribution is 6.24. The molecule has 8 nitrogen and oxygen atoms in total. The predicted molar refractivity (Wildman–Crippen MR) is 145 cm³/mol. The summed E-state index contributed by atoms with van der Waals surface area (Å²) in [6, 6.07) is 18.4. The molecule has 1 aliphatic heterocycles. The predicted octanol–water partition coefficient (Wildman–Crippen LogP) is 4.29. The SMILES string of the molecule is NC(=O)/C(=C/c1c[nH]c2nccc(NC(=O)Cc3ccc(N4CCCCC4=O)cc3)c12)c1ccccc1. The van der Waals surface area contributed by atoms with Crippen LogP contribution in [0.2, 0.25) is 0 Å². The van der Waals surface area contributed by atoms with Gasteiger partial charge in [-0.1, -0.05) is 42.5 Å². The zero-order chi connectivity index (χ0) is 25.8. The van der Waals surface area contributed by atoms with E-state index < -0.39 is 5.91 Å². The van der Waals surface area contributed by atoms with Crippen molar-refractivity contribution in [1.29, 1.82) is 0 Å². The Bertz CT molecular complexity index is 1490. The standard InChI is InChI=1S/C29H27N5O3/c30-28(37)23(20-6-2-1-3-7-20)17-21-18-32-29-27(21)24(13-14-31-29)33-25(35)16-19-9-11-22(12-10-19)34-15-5-4-8-26(34)36/h1-3,6-7,9-14,17-18H,4-5,8,15-16H2,(H2,30,37)(H2,31,32,33,35)/b23-17+. The van der Waals surface area contributed by atoms with Crippen LogP contribution in [0.4, 0.5) is 11.4 Å². The summed E-state index contributed by atoms with van der Waals surface area (Å²) < 4.78 is 0.